The van der Waals surface area contributed by atoms with Gasteiger partial charge >= 0.3 is 0 Å². The summed E-state index contributed by atoms with van der Waals surface area (Å²) in [6, 6.07) is 8.34. The van der Waals surface area contributed by atoms with E-state index in [2.05, 4.69) is 21.2 Å². The van der Waals surface area contributed by atoms with Crippen LogP contribution in [0.3, 0.4) is 0 Å². The second-order valence-electron chi connectivity index (χ2n) is 5.67. The molecule has 0 saturated heterocycles. The van der Waals surface area contributed by atoms with Crippen molar-refractivity contribution in [1.29, 1.82) is 0 Å². The Morgan fingerprint density at radius 3 is 2.37 bits per heavy atom. The molecule has 1 amide bonds. The van der Waals surface area contributed by atoms with Crippen LogP contribution in [0.4, 0.5) is 11.4 Å². The number of nitrogens with one attached hydrogen (secondary N) is 1. The molecule has 0 aromatic heterocycles. The maximum absolute atomic E-state index is 12.6. The van der Waals surface area contributed by atoms with Gasteiger partial charge in [-0.3, -0.25) is 9.10 Å². The van der Waals surface area contributed by atoms with E-state index in [4.69, 9.17) is 27.9 Å². The molecule has 2 rings (SSSR count). The summed E-state index contributed by atoms with van der Waals surface area (Å²) in [5.41, 5.74) is 0.695. The monoisotopic (exact) mass is 494 g/mol. The molecule has 6 nitrogen and oxygen atoms in total. The van der Waals surface area contributed by atoms with Gasteiger partial charge in [0.1, 0.15) is 11.8 Å². The number of methoxy groups -OCH3 is 1. The van der Waals surface area contributed by atoms with Crippen LogP contribution in [0, 0.1) is 0 Å². The molecule has 2 aromatic carbocycles. The van der Waals surface area contributed by atoms with Crippen LogP contribution in [-0.2, 0) is 14.8 Å². The fourth-order valence-electron chi connectivity index (χ4n) is 2.42. The number of anilines is 2. The van der Waals surface area contributed by atoms with Gasteiger partial charge in [0.15, 0.2) is 0 Å². The predicted octanol–water partition coefficient (Wildman–Crippen LogP) is 4.56. The molecule has 1 atom stereocenters. The van der Waals surface area contributed by atoms with Gasteiger partial charge in [0.05, 0.1) is 29.1 Å². The Kier molecular flexibility index (Phi) is 7.02. The number of sulfonamides is 1. The molecule has 10 heteroatoms. The topological polar surface area (TPSA) is 75.7 Å². The SMILES string of the molecule is COc1ccc(N([C@H](C)C(=O)Nc2ccc(Br)c(Cl)c2)S(C)(=O)=O)cc1Cl. The zero-order valence-electron chi connectivity index (χ0n) is 14.7. The molecule has 1 N–H and O–H groups in total. The first-order chi connectivity index (χ1) is 12.5. The zero-order chi connectivity index (χ0) is 20.4. The highest BCUT2D eigenvalue weighted by Crippen LogP contribution is 2.31. The lowest BCUT2D eigenvalue weighted by Gasteiger charge is -2.28. The lowest BCUT2D eigenvalue weighted by molar-refractivity contribution is -0.116. The van der Waals surface area contributed by atoms with Crippen LogP contribution in [0.5, 0.6) is 5.75 Å². The van der Waals surface area contributed by atoms with E-state index in [-0.39, 0.29) is 10.7 Å². The van der Waals surface area contributed by atoms with Crippen molar-refractivity contribution in [3.05, 3.63) is 50.9 Å². The van der Waals surface area contributed by atoms with Crippen molar-refractivity contribution in [2.75, 3.05) is 23.0 Å². The van der Waals surface area contributed by atoms with E-state index in [0.29, 0.717) is 20.9 Å². The number of halogens is 3. The summed E-state index contributed by atoms with van der Waals surface area (Å²) in [5, 5.41) is 3.31. The molecule has 0 aliphatic rings. The molecular formula is C17H17BrCl2N2O4S. The highest BCUT2D eigenvalue weighted by atomic mass is 79.9. The maximum Gasteiger partial charge on any atom is 0.247 e. The molecule has 0 heterocycles. The van der Waals surface area contributed by atoms with Crippen molar-refractivity contribution in [3.8, 4) is 5.75 Å². The van der Waals surface area contributed by atoms with Gasteiger partial charge in [-0.2, -0.15) is 0 Å². The highest BCUT2D eigenvalue weighted by molar-refractivity contribution is 9.10. The number of hydrogen-bond acceptors (Lipinski definition) is 4. The second-order valence-corrected chi connectivity index (χ2v) is 9.20. The molecule has 0 spiro atoms. The number of carbonyl (C=O) groups excluding carboxylic acids is 1. The Morgan fingerprint density at radius 2 is 1.85 bits per heavy atom. The quantitative estimate of drug-likeness (QED) is 0.637. The number of amides is 1. The Morgan fingerprint density at radius 1 is 1.19 bits per heavy atom. The normalized spacial score (nSPS) is 12.4. The lowest BCUT2D eigenvalue weighted by atomic mass is 10.2. The lowest BCUT2D eigenvalue weighted by Crippen LogP contribution is -2.45. The Bertz CT molecular complexity index is 969. The molecule has 0 bridgehead atoms. The number of benzene rings is 2. The van der Waals surface area contributed by atoms with Gasteiger partial charge in [-0.1, -0.05) is 23.2 Å². The average Bonchev–Trinajstić information content (AvgIpc) is 2.57. The fraction of sp³-hybridized carbons (Fsp3) is 0.235. The third-order valence-electron chi connectivity index (χ3n) is 3.67. The number of rotatable bonds is 6. The van der Waals surface area contributed by atoms with E-state index in [0.717, 1.165) is 10.6 Å². The van der Waals surface area contributed by atoms with Crippen molar-refractivity contribution in [2.24, 2.45) is 0 Å². The largest absolute Gasteiger partial charge is 0.495 e. The Labute approximate surface area is 176 Å². The van der Waals surface area contributed by atoms with Gasteiger partial charge in [-0.05, 0) is 59.3 Å². The summed E-state index contributed by atoms with van der Waals surface area (Å²) in [6.45, 7) is 1.48. The summed E-state index contributed by atoms with van der Waals surface area (Å²) in [5.74, 6) is -0.124. The fourth-order valence-corrected chi connectivity index (χ4v) is 4.27. The minimum Gasteiger partial charge on any atom is -0.495 e. The summed E-state index contributed by atoms with van der Waals surface area (Å²) >= 11 is 15.4. The van der Waals surface area contributed by atoms with Crippen molar-refractivity contribution in [1.82, 2.24) is 0 Å². The Balaban J connectivity index is 2.34. The number of ether oxygens (including phenoxy) is 1. The zero-order valence-corrected chi connectivity index (χ0v) is 18.6. The molecule has 0 saturated carbocycles. The van der Waals surface area contributed by atoms with Crippen LogP contribution in [0.15, 0.2) is 40.9 Å². The van der Waals surface area contributed by atoms with Crippen LogP contribution in [0.2, 0.25) is 10.0 Å². The van der Waals surface area contributed by atoms with E-state index in [1.54, 1.807) is 18.2 Å². The highest BCUT2D eigenvalue weighted by Gasteiger charge is 2.29. The van der Waals surface area contributed by atoms with Crippen LogP contribution in [0.25, 0.3) is 0 Å². The summed E-state index contributed by atoms with van der Waals surface area (Å²) in [7, 11) is -2.31. The van der Waals surface area contributed by atoms with E-state index >= 15 is 0 Å². The van der Waals surface area contributed by atoms with Crippen LogP contribution < -0.4 is 14.4 Å². The average molecular weight is 496 g/mol. The summed E-state index contributed by atoms with van der Waals surface area (Å²) in [6.07, 6.45) is 1.02. The third kappa shape index (κ3) is 5.28. The van der Waals surface area contributed by atoms with Crippen LogP contribution in [-0.4, -0.2) is 33.7 Å². The van der Waals surface area contributed by atoms with Gasteiger partial charge in [-0.25, -0.2) is 8.42 Å². The van der Waals surface area contributed by atoms with Crippen LogP contribution in [0.1, 0.15) is 6.92 Å². The molecule has 0 unspecified atom stereocenters. The van der Waals surface area contributed by atoms with Gasteiger partial charge in [0.25, 0.3) is 0 Å². The third-order valence-corrected chi connectivity index (χ3v) is 6.43. The number of carbonyl (C=O) groups is 1. The maximum atomic E-state index is 12.6. The molecule has 2 aromatic rings. The molecule has 0 aliphatic carbocycles. The number of hydrogen-bond donors (Lipinski definition) is 1. The number of nitrogens with zero attached hydrogens (tertiary/aromatic N) is 1. The van der Waals surface area contributed by atoms with Gasteiger partial charge in [0, 0.05) is 10.2 Å². The minimum absolute atomic E-state index is 0.232. The first kappa shape index (κ1) is 21.8. The molecular weight excluding hydrogens is 479 g/mol. The smallest absolute Gasteiger partial charge is 0.247 e. The van der Waals surface area contributed by atoms with E-state index in [9.17, 15) is 13.2 Å². The van der Waals surface area contributed by atoms with Crippen molar-refractivity contribution >= 4 is 66.4 Å². The second kappa shape index (κ2) is 8.68. The molecule has 146 valence electrons. The van der Waals surface area contributed by atoms with Crippen molar-refractivity contribution in [3.63, 3.8) is 0 Å². The summed E-state index contributed by atoms with van der Waals surface area (Å²) < 4.78 is 31.4. The van der Waals surface area contributed by atoms with Crippen molar-refractivity contribution in [2.45, 2.75) is 13.0 Å². The van der Waals surface area contributed by atoms with Crippen molar-refractivity contribution < 1.29 is 17.9 Å². The molecule has 0 aliphatic heterocycles. The van der Waals surface area contributed by atoms with E-state index < -0.39 is 22.0 Å². The molecule has 27 heavy (non-hydrogen) atoms. The summed E-state index contributed by atoms with van der Waals surface area (Å²) in [4.78, 5) is 12.6. The van der Waals surface area contributed by atoms with Gasteiger partial charge in [0.2, 0.25) is 15.9 Å². The van der Waals surface area contributed by atoms with Gasteiger partial charge in [-0.15, -0.1) is 0 Å². The van der Waals surface area contributed by atoms with Crippen LogP contribution >= 0.6 is 39.1 Å². The first-order valence-corrected chi connectivity index (χ1v) is 11.0. The Hall–Kier alpha value is -1.48. The first-order valence-electron chi connectivity index (χ1n) is 7.63. The van der Waals surface area contributed by atoms with Gasteiger partial charge < -0.3 is 10.1 Å². The molecule has 0 fully saturated rings. The molecule has 0 radical (unpaired) electrons. The minimum atomic E-state index is -3.77. The van der Waals surface area contributed by atoms with E-state index in [1.165, 1.54) is 32.2 Å². The standard InChI is InChI=1S/C17H17BrCl2N2O4S/c1-10(17(23)21-11-4-6-13(18)14(19)8-11)22(27(3,24)25)12-5-7-16(26-2)15(20)9-12/h4-10H,1-3H3,(H,21,23)/t10-/m1/s1. The van der Waals surface area contributed by atoms with E-state index in [1.807, 2.05) is 0 Å². The predicted molar refractivity (Wildman–Crippen MR) is 113 cm³/mol.